The van der Waals surface area contributed by atoms with Crippen LogP contribution < -0.4 is 5.73 Å². The zero-order chi connectivity index (χ0) is 12.3. The molecule has 0 bridgehead atoms. The minimum absolute atomic E-state index is 0. The van der Waals surface area contributed by atoms with Crippen LogP contribution in [0.2, 0.25) is 0 Å². The van der Waals surface area contributed by atoms with E-state index < -0.39 is 12.0 Å². The zero-order valence-corrected chi connectivity index (χ0v) is 11.2. The summed E-state index contributed by atoms with van der Waals surface area (Å²) in [6.07, 6.45) is 5.55. The molecule has 0 saturated heterocycles. The Balaban J connectivity index is 0.00000162. The van der Waals surface area contributed by atoms with Gasteiger partial charge in [0.05, 0.1) is 0 Å². The molecule has 0 radical (unpaired) electrons. The topological polar surface area (TPSA) is 63.3 Å². The van der Waals surface area contributed by atoms with Crippen LogP contribution >= 0.6 is 12.4 Å². The Kier molecular flexibility index (Phi) is 5.63. The average molecular weight is 270 g/mol. The molecule has 1 aliphatic carbocycles. The van der Waals surface area contributed by atoms with Crippen molar-refractivity contribution < 1.29 is 9.90 Å². The second-order valence-electron chi connectivity index (χ2n) is 4.88. The predicted octanol–water partition coefficient (Wildman–Crippen LogP) is 2.72. The molecule has 1 atom stereocenters. The number of aliphatic carboxylic acids is 1. The SMILES string of the molecule is Cl.N[C@@H](Cc1cccc(C2CCCC2)c1)C(=O)O. The van der Waals surface area contributed by atoms with Crippen molar-refractivity contribution in [2.45, 2.75) is 44.1 Å². The van der Waals surface area contributed by atoms with E-state index in [1.807, 2.05) is 12.1 Å². The number of carboxylic acids is 1. The van der Waals surface area contributed by atoms with Gasteiger partial charge in [-0.25, -0.2) is 0 Å². The molecule has 1 aromatic rings. The van der Waals surface area contributed by atoms with Gasteiger partial charge in [0.2, 0.25) is 0 Å². The van der Waals surface area contributed by atoms with Crippen molar-refractivity contribution in [1.29, 1.82) is 0 Å². The van der Waals surface area contributed by atoms with Gasteiger partial charge in [0.1, 0.15) is 6.04 Å². The first-order chi connectivity index (χ1) is 8.16. The lowest BCUT2D eigenvalue weighted by Gasteiger charge is -2.12. The van der Waals surface area contributed by atoms with Crippen LogP contribution in [0.15, 0.2) is 24.3 Å². The van der Waals surface area contributed by atoms with Crippen molar-refractivity contribution in [3.05, 3.63) is 35.4 Å². The number of hydrogen-bond acceptors (Lipinski definition) is 2. The maximum Gasteiger partial charge on any atom is 0.320 e. The Morgan fingerprint density at radius 3 is 2.67 bits per heavy atom. The lowest BCUT2D eigenvalue weighted by molar-refractivity contribution is -0.138. The van der Waals surface area contributed by atoms with E-state index in [4.69, 9.17) is 10.8 Å². The number of carbonyl (C=O) groups is 1. The number of carboxylic acid groups (broad SMARTS) is 1. The molecule has 0 unspecified atom stereocenters. The van der Waals surface area contributed by atoms with Crippen LogP contribution in [-0.2, 0) is 11.2 Å². The fourth-order valence-corrected chi connectivity index (χ4v) is 2.57. The third kappa shape index (κ3) is 3.72. The van der Waals surface area contributed by atoms with Gasteiger partial charge in [-0.15, -0.1) is 12.4 Å². The van der Waals surface area contributed by atoms with E-state index in [0.29, 0.717) is 12.3 Å². The predicted molar refractivity (Wildman–Crippen MR) is 74.2 cm³/mol. The quantitative estimate of drug-likeness (QED) is 0.883. The fourth-order valence-electron chi connectivity index (χ4n) is 2.57. The summed E-state index contributed by atoms with van der Waals surface area (Å²) in [5.74, 6) is -0.271. The van der Waals surface area contributed by atoms with E-state index in [1.165, 1.54) is 31.2 Å². The number of hydrogen-bond donors (Lipinski definition) is 2. The van der Waals surface area contributed by atoms with Crippen LogP contribution in [-0.4, -0.2) is 17.1 Å². The second-order valence-corrected chi connectivity index (χ2v) is 4.88. The van der Waals surface area contributed by atoms with Gasteiger partial charge < -0.3 is 10.8 Å². The van der Waals surface area contributed by atoms with E-state index >= 15 is 0 Å². The van der Waals surface area contributed by atoms with Crippen LogP contribution in [0, 0.1) is 0 Å². The molecule has 2 rings (SSSR count). The second kappa shape index (κ2) is 6.76. The molecule has 1 saturated carbocycles. The third-order valence-corrected chi connectivity index (χ3v) is 3.55. The van der Waals surface area contributed by atoms with Crippen LogP contribution in [0.5, 0.6) is 0 Å². The number of rotatable bonds is 4. The maximum absolute atomic E-state index is 10.7. The minimum atomic E-state index is -0.934. The molecule has 4 heteroatoms. The molecule has 1 fully saturated rings. The molecule has 0 aliphatic heterocycles. The van der Waals surface area contributed by atoms with Crippen LogP contribution in [0.25, 0.3) is 0 Å². The van der Waals surface area contributed by atoms with Gasteiger partial charge in [0.25, 0.3) is 0 Å². The Morgan fingerprint density at radius 1 is 1.39 bits per heavy atom. The minimum Gasteiger partial charge on any atom is -0.480 e. The first-order valence-electron chi connectivity index (χ1n) is 6.24. The summed E-state index contributed by atoms with van der Waals surface area (Å²) in [6, 6.07) is 7.44. The molecule has 3 N–H and O–H groups in total. The Hall–Kier alpha value is -1.06. The Morgan fingerprint density at radius 2 is 2.06 bits per heavy atom. The molecule has 0 amide bonds. The van der Waals surface area contributed by atoms with Gasteiger partial charge in [-0.05, 0) is 36.3 Å². The lowest BCUT2D eigenvalue weighted by Crippen LogP contribution is -2.32. The monoisotopic (exact) mass is 269 g/mol. The van der Waals surface area contributed by atoms with Crippen molar-refractivity contribution in [1.82, 2.24) is 0 Å². The van der Waals surface area contributed by atoms with Gasteiger partial charge in [0, 0.05) is 0 Å². The highest BCUT2D eigenvalue weighted by atomic mass is 35.5. The summed E-state index contributed by atoms with van der Waals surface area (Å²) in [6.45, 7) is 0. The average Bonchev–Trinajstić information content (AvgIpc) is 2.82. The highest BCUT2D eigenvalue weighted by Gasteiger charge is 2.18. The number of benzene rings is 1. The van der Waals surface area contributed by atoms with Crippen LogP contribution in [0.1, 0.15) is 42.7 Å². The molecule has 1 aromatic carbocycles. The van der Waals surface area contributed by atoms with E-state index in [0.717, 1.165) is 5.56 Å². The Labute approximate surface area is 114 Å². The van der Waals surface area contributed by atoms with Crippen molar-refractivity contribution in [2.75, 3.05) is 0 Å². The largest absolute Gasteiger partial charge is 0.480 e. The Bertz CT molecular complexity index is 403. The van der Waals surface area contributed by atoms with Gasteiger partial charge >= 0.3 is 5.97 Å². The van der Waals surface area contributed by atoms with E-state index in [2.05, 4.69) is 12.1 Å². The van der Waals surface area contributed by atoms with Crippen molar-refractivity contribution >= 4 is 18.4 Å². The highest BCUT2D eigenvalue weighted by molar-refractivity contribution is 5.85. The van der Waals surface area contributed by atoms with Gasteiger partial charge in [-0.1, -0.05) is 37.1 Å². The van der Waals surface area contributed by atoms with Gasteiger partial charge in [-0.2, -0.15) is 0 Å². The molecule has 100 valence electrons. The third-order valence-electron chi connectivity index (χ3n) is 3.55. The molecular formula is C14H20ClNO2. The van der Waals surface area contributed by atoms with Crippen molar-refractivity contribution in [2.24, 2.45) is 5.73 Å². The normalized spacial score (nSPS) is 17.2. The molecule has 0 spiro atoms. The molecule has 0 heterocycles. The first-order valence-corrected chi connectivity index (χ1v) is 6.24. The van der Waals surface area contributed by atoms with Gasteiger partial charge in [-0.3, -0.25) is 4.79 Å². The summed E-state index contributed by atoms with van der Waals surface area (Å²) in [5, 5.41) is 8.80. The molecular weight excluding hydrogens is 250 g/mol. The molecule has 1 aliphatic rings. The number of nitrogens with two attached hydrogens (primary N) is 1. The summed E-state index contributed by atoms with van der Waals surface area (Å²) in [7, 11) is 0. The fraction of sp³-hybridized carbons (Fsp3) is 0.500. The zero-order valence-electron chi connectivity index (χ0n) is 10.3. The van der Waals surface area contributed by atoms with Crippen LogP contribution in [0.3, 0.4) is 0 Å². The highest BCUT2D eigenvalue weighted by Crippen LogP contribution is 2.34. The summed E-state index contributed by atoms with van der Waals surface area (Å²) >= 11 is 0. The van der Waals surface area contributed by atoms with Crippen molar-refractivity contribution in [3.63, 3.8) is 0 Å². The van der Waals surface area contributed by atoms with E-state index in [1.54, 1.807) is 0 Å². The molecule has 0 aromatic heterocycles. The standard InChI is InChI=1S/C14H19NO2.ClH/c15-13(14(16)17)9-10-4-3-7-12(8-10)11-5-1-2-6-11;/h3-4,7-8,11,13H,1-2,5-6,9,15H2,(H,16,17);1H/t13-;/m0./s1. The molecule has 18 heavy (non-hydrogen) atoms. The van der Waals surface area contributed by atoms with Gasteiger partial charge in [0.15, 0.2) is 0 Å². The van der Waals surface area contributed by atoms with Crippen molar-refractivity contribution in [3.8, 4) is 0 Å². The van der Waals surface area contributed by atoms with E-state index in [9.17, 15) is 4.79 Å². The molecule has 3 nitrogen and oxygen atoms in total. The summed E-state index contributed by atoms with van der Waals surface area (Å²) < 4.78 is 0. The summed E-state index contributed by atoms with van der Waals surface area (Å²) in [5.41, 5.74) is 7.93. The maximum atomic E-state index is 10.7. The summed E-state index contributed by atoms with van der Waals surface area (Å²) in [4.78, 5) is 10.7. The number of halogens is 1. The van der Waals surface area contributed by atoms with E-state index in [-0.39, 0.29) is 12.4 Å². The lowest BCUT2D eigenvalue weighted by atomic mass is 9.94. The smallest absolute Gasteiger partial charge is 0.320 e. The van der Waals surface area contributed by atoms with Crippen LogP contribution in [0.4, 0.5) is 0 Å². The first kappa shape index (κ1) is 15.0.